The third-order valence-electron chi connectivity index (χ3n) is 2.70. The molecule has 0 radical (unpaired) electrons. The third kappa shape index (κ3) is 3.84. The molecule has 2 rings (SSSR count). The number of aryl methyl sites for hydroxylation is 1. The first kappa shape index (κ1) is 14.1. The minimum absolute atomic E-state index is 0.176. The van der Waals surface area contributed by atoms with Gasteiger partial charge in [0.15, 0.2) is 0 Å². The summed E-state index contributed by atoms with van der Waals surface area (Å²) in [7, 11) is 0. The Morgan fingerprint density at radius 1 is 1.47 bits per heavy atom. The minimum Gasteiger partial charge on any atom is -0.339 e. The monoisotopic (exact) mass is 327 g/mol. The number of hydrogen-bond donors (Lipinski definition) is 1. The molecule has 6 heteroatoms. The molecule has 2 N–H and O–H groups in total. The number of halogens is 2. The van der Waals surface area contributed by atoms with Gasteiger partial charge in [0, 0.05) is 18.0 Å². The maximum absolute atomic E-state index is 13.1. The lowest BCUT2D eigenvalue weighted by molar-refractivity contribution is 0.373. The predicted molar refractivity (Wildman–Crippen MR) is 74.0 cm³/mol. The minimum atomic E-state index is -0.315. The van der Waals surface area contributed by atoms with Gasteiger partial charge in [0.1, 0.15) is 5.82 Å². The Morgan fingerprint density at radius 2 is 2.26 bits per heavy atom. The fourth-order valence-corrected chi connectivity index (χ4v) is 2.06. The number of nitrogens with zero attached hydrogens (tertiary/aromatic N) is 2. The van der Waals surface area contributed by atoms with Gasteiger partial charge in [-0.15, -0.1) is 0 Å². The smallest absolute Gasteiger partial charge is 0.226 e. The molecule has 0 aliphatic heterocycles. The van der Waals surface area contributed by atoms with Gasteiger partial charge in [-0.25, -0.2) is 4.39 Å². The molecular formula is C13H15BrFN3O. The number of aromatic nitrogens is 2. The second kappa shape index (κ2) is 6.25. The number of rotatable bonds is 5. The van der Waals surface area contributed by atoms with Crippen molar-refractivity contribution in [2.75, 3.05) is 0 Å². The second-order valence-electron chi connectivity index (χ2n) is 4.51. The van der Waals surface area contributed by atoms with E-state index in [1.807, 2.05) is 6.92 Å². The van der Waals surface area contributed by atoms with E-state index in [1.165, 1.54) is 6.07 Å². The molecule has 0 bridgehead atoms. The fraction of sp³-hybridized carbons (Fsp3) is 0.385. The van der Waals surface area contributed by atoms with Crippen molar-refractivity contribution in [1.82, 2.24) is 10.1 Å². The summed E-state index contributed by atoms with van der Waals surface area (Å²) < 4.78 is 18.7. The Morgan fingerprint density at radius 3 is 2.95 bits per heavy atom. The fourth-order valence-electron chi connectivity index (χ4n) is 1.68. The topological polar surface area (TPSA) is 64.9 Å². The SMILES string of the molecule is CC(N)CCCc1nc(-c2ccc(F)c(Br)c2)no1. The van der Waals surface area contributed by atoms with Gasteiger partial charge in [-0.2, -0.15) is 4.98 Å². The van der Waals surface area contributed by atoms with Gasteiger partial charge in [0.05, 0.1) is 4.47 Å². The molecule has 1 aromatic carbocycles. The van der Waals surface area contributed by atoms with Gasteiger partial charge in [0.25, 0.3) is 0 Å². The predicted octanol–water partition coefficient (Wildman–Crippen LogP) is 3.31. The maximum atomic E-state index is 13.1. The highest BCUT2D eigenvalue weighted by molar-refractivity contribution is 9.10. The number of benzene rings is 1. The van der Waals surface area contributed by atoms with Crippen LogP contribution in [-0.2, 0) is 6.42 Å². The zero-order chi connectivity index (χ0) is 13.8. The van der Waals surface area contributed by atoms with Gasteiger partial charge < -0.3 is 10.3 Å². The summed E-state index contributed by atoms with van der Waals surface area (Å²) in [6.45, 7) is 1.97. The van der Waals surface area contributed by atoms with Crippen molar-refractivity contribution in [2.45, 2.75) is 32.2 Å². The van der Waals surface area contributed by atoms with E-state index in [1.54, 1.807) is 12.1 Å². The average Bonchev–Trinajstić information content (AvgIpc) is 2.81. The van der Waals surface area contributed by atoms with Gasteiger partial charge in [0.2, 0.25) is 11.7 Å². The normalized spacial score (nSPS) is 12.6. The van der Waals surface area contributed by atoms with E-state index in [0.717, 1.165) is 18.4 Å². The van der Waals surface area contributed by atoms with Crippen molar-refractivity contribution in [3.05, 3.63) is 34.4 Å². The lowest BCUT2D eigenvalue weighted by Gasteiger charge is -2.00. The Labute approximate surface area is 119 Å². The van der Waals surface area contributed by atoms with E-state index >= 15 is 0 Å². The van der Waals surface area contributed by atoms with Crippen molar-refractivity contribution >= 4 is 15.9 Å². The molecule has 102 valence electrons. The molecule has 0 saturated heterocycles. The number of hydrogen-bond acceptors (Lipinski definition) is 4. The molecule has 0 aliphatic carbocycles. The highest BCUT2D eigenvalue weighted by Crippen LogP contribution is 2.23. The van der Waals surface area contributed by atoms with Crippen LogP contribution < -0.4 is 5.73 Å². The molecule has 0 fully saturated rings. The van der Waals surface area contributed by atoms with E-state index in [0.29, 0.717) is 22.6 Å². The largest absolute Gasteiger partial charge is 0.339 e. The molecule has 1 aromatic heterocycles. The molecule has 0 amide bonds. The summed E-state index contributed by atoms with van der Waals surface area (Å²) >= 11 is 3.13. The van der Waals surface area contributed by atoms with Crippen LogP contribution in [-0.4, -0.2) is 16.2 Å². The van der Waals surface area contributed by atoms with E-state index in [9.17, 15) is 4.39 Å². The summed E-state index contributed by atoms with van der Waals surface area (Å²) in [5.74, 6) is 0.733. The van der Waals surface area contributed by atoms with Crippen LogP contribution in [0, 0.1) is 5.82 Å². The van der Waals surface area contributed by atoms with Crippen LogP contribution in [0.25, 0.3) is 11.4 Å². The number of nitrogens with two attached hydrogens (primary N) is 1. The van der Waals surface area contributed by atoms with E-state index in [-0.39, 0.29) is 11.9 Å². The molecule has 0 saturated carbocycles. The van der Waals surface area contributed by atoms with Gasteiger partial charge in [-0.05, 0) is 53.9 Å². The molecule has 1 heterocycles. The van der Waals surface area contributed by atoms with Crippen LogP contribution in [0.5, 0.6) is 0 Å². The lowest BCUT2D eigenvalue weighted by Crippen LogP contribution is -2.14. The Kier molecular flexibility index (Phi) is 4.66. The first-order valence-electron chi connectivity index (χ1n) is 6.10. The molecule has 4 nitrogen and oxygen atoms in total. The van der Waals surface area contributed by atoms with Crippen LogP contribution in [0.2, 0.25) is 0 Å². The van der Waals surface area contributed by atoms with E-state index < -0.39 is 0 Å². The van der Waals surface area contributed by atoms with Crippen LogP contribution in [0.15, 0.2) is 27.2 Å². The van der Waals surface area contributed by atoms with Gasteiger partial charge >= 0.3 is 0 Å². The van der Waals surface area contributed by atoms with Crippen molar-refractivity contribution in [2.24, 2.45) is 5.73 Å². The quantitative estimate of drug-likeness (QED) is 0.914. The first-order chi connectivity index (χ1) is 9.06. The van der Waals surface area contributed by atoms with Crippen LogP contribution in [0.3, 0.4) is 0 Å². The first-order valence-corrected chi connectivity index (χ1v) is 6.89. The van der Waals surface area contributed by atoms with Gasteiger partial charge in [-0.1, -0.05) is 5.16 Å². The van der Waals surface area contributed by atoms with E-state index in [2.05, 4.69) is 26.1 Å². The Bertz CT molecular complexity index is 557. The average molecular weight is 328 g/mol. The summed E-state index contributed by atoms with van der Waals surface area (Å²) in [4.78, 5) is 4.29. The molecule has 19 heavy (non-hydrogen) atoms. The van der Waals surface area contributed by atoms with Crippen LogP contribution in [0.1, 0.15) is 25.7 Å². The molecular weight excluding hydrogens is 313 g/mol. The summed E-state index contributed by atoms with van der Waals surface area (Å²) in [5, 5.41) is 3.89. The zero-order valence-electron chi connectivity index (χ0n) is 10.6. The molecule has 1 atom stereocenters. The lowest BCUT2D eigenvalue weighted by atomic mass is 10.1. The molecule has 2 aromatic rings. The highest BCUT2D eigenvalue weighted by Gasteiger charge is 2.10. The second-order valence-corrected chi connectivity index (χ2v) is 5.36. The standard InChI is InChI=1S/C13H15BrFN3O/c1-8(16)3-2-4-12-17-13(18-19-12)9-5-6-11(15)10(14)7-9/h5-8H,2-4,16H2,1H3. The van der Waals surface area contributed by atoms with Crippen LogP contribution >= 0.6 is 15.9 Å². The van der Waals surface area contributed by atoms with Gasteiger partial charge in [-0.3, -0.25) is 0 Å². The van der Waals surface area contributed by atoms with Crippen molar-refractivity contribution in [3.8, 4) is 11.4 Å². The Balaban J connectivity index is 2.05. The summed E-state index contributed by atoms with van der Waals surface area (Å²) in [6, 6.07) is 4.80. The molecule has 1 unspecified atom stereocenters. The van der Waals surface area contributed by atoms with Crippen molar-refractivity contribution in [1.29, 1.82) is 0 Å². The summed E-state index contributed by atoms with van der Waals surface area (Å²) in [5.41, 5.74) is 6.39. The van der Waals surface area contributed by atoms with Crippen molar-refractivity contribution < 1.29 is 8.91 Å². The maximum Gasteiger partial charge on any atom is 0.226 e. The zero-order valence-corrected chi connectivity index (χ0v) is 12.2. The molecule has 0 spiro atoms. The van der Waals surface area contributed by atoms with E-state index in [4.69, 9.17) is 10.3 Å². The third-order valence-corrected chi connectivity index (χ3v) is 3.30. The molecule has 0 aliphatic rings. The summed E-state index contributed by atoms with van der Waals surface area (Å²) in [6.07, 6.45) is 2.53. The highest BCUT2D eigenvalue weighted by atomic mass is 79.9. The Hall–Kier alpha value is -1.27. The van der Waals surface area contributed by atoms with Crippen LogP contribution in [0.4, 0.5) is 4.39 Å². The van der Waals surface area contributed by atoms with Crippen molar-refractivity contribution in [3.63, 3.8) is 0 Å².